The Balaban J connectivity index is 2.03. The van der Waals surface area contributed by atoms with Crippen molar-refractivity contribution in [1.82, 2.24) is 5.32 Å². The molecule has 3 nitrogen and oxygen atoms in total. The third kappa shape index (κ3) is 2.36. The number of nitrogens with one attached hydrogen (secondary N) is 1. The highest BCUT2D eigenvalue weighted by Gasteiger charge is 2.20. The van der Waals surface area contributed by atoms with Crippen LogP contribution in [0.2, 0.25) is 0 Å². The van der Waals surface area contributed by atoms with Crippen LogP contribution in [0, 0.1) is 0 Å². The van der Waals surface area contributed by atoms with Gasteiger partial charge in [-0.3, -0.25) is 0 Å². The number of fused-ring (bicyclic) bond motifs is 1. The van der Waals surface area contributed by atoms with Gasteiger partial charge in [-0.2, -0.15) is 0 Å². The zero-order valence-corrected chi connectivity index (χ0v) is 9.70. The third-order valence-electron chi connectivity index (χ3n) is 3.11. The molecule has 0 spiro atoms. The molecule has 1 unspecified atom stereocenters. The van der Waals surface area contributed by atoms with E-state index in [-0.39, 0.29) is 6.61 Å². The number of aliphatic hydroxyl groups is 1. The summed E-state index contributed by atoms with van der Waals surface area (Å²) in [5.41, 5.74) is 2.79. The van der Waals surface area contributed by atoms with Crippen LogP contribution in [0.4, 0.5) is 0 Å². The highest BCUT2D eigenvalue weighted by molar-refractivity contribution is 5.40. The van der Waals surface area contributed by atoms with E-state index in [2.05, 4.69) is 17.4 Å². The predicted octanol–water partition coefficient (Wildman–Crippen LogP) is 1.65. The minimum atomic E-state index is 0.187. The maximum Gasteiger partial charge on any atom is 0.119 e. The van der Waals surface area contributed by atoms with E-state index in [1.807, 2.05) is 13.1 Å². The Labute approximate surface area is 96.4 Å². The largest absolute Gasteiger partial charge is 0.493 e. The van der Waals surface area contributed by atoms with Crippen LogP contribution in [0.15, 0.2) is 18.2 Å². The van der Waals surface area contributed by atoms with Crippen molar-refractivity contribution in [3.8, 4) is 5.75 Å². The van der Waals surface area contributed by atoms with Gasteiger partial charge < -0.3 is 15.2 Å². The fourth-order valence-corrected chi connectivity index (χ4v) is 2.24. The smallest absolute Gasteiger partial charge is 0.119 e. The Hall–Kier alpha value is -1.06. The fourth-order valence-electron chi connectivity index (χ4n) is 2.24. The lowest BCUT2D eigenvalue weighted by molar-refractivity contribution is 0.233. The molecule has 0 radical (unpaired) electrons. The summed E-state index contributed by atoms with van der Waals surface area (Å²) >= 11 is 0. The van der Waals surface area contributed by atoms with Gasteiger partial charge in [0.2, 0.25) is 0 Å². The van der Waals surface area contributed by atoms with E-state index in [1.165, 1.54) is 17.5 Å². The van der Waals surface area contributed by atoms with Gasteiger partial charge in [0, 0.05) is 19.1 Å². The van der Waals surface area contributed by atoms with Crippen LogP contribution in [-0.2, 0) is 6.42 Å². The van der Waals surface area contributed by atoms with Gasteiger partial charge in [-0.05, 0) is 43.1 Å². The fraction of sp³-hybridized carbons (Fsp3) is 0.538. The third-order valence-corrected chi connectivity index (χ3v) is 3.11. The minimum Gasteiger partial charge on any atom is -0.493 e. The number of rotatable bonds is 5. The highest BCUT2D eigenvalue weighted by Crippen LogP contribution is 2.33. The molecule has 0 aliphatic heterocycles. The summed E-state index contributed by atoms with van der Waals surface area (Å²) in [6.45, 7) is 0.775. The molecule has 2 rings (SSSR count). The van der Waals surface area contributed by atoms with Gasteiger partial charge in [0.15, 0.2) is 0 Å². The summed E-state index contributed by atoms with van der Waals surface area (Å²) in [5.74, 6) is 0.920. The van der Waals surface area contributed by atoms with Gasteiger partial charge in [-0.15, -0.1) is 0 Å². The van der Waals surface area contributed by atoms with E-state index < -0.39 is 0 Å². The molecule has 1 atom stereocenters. The standard InChI is InChI=1S/C13H19NO2/c1-14-13-6-3-10-9-11(4-5-12(10)13)16-8-2-7-15/h4-5,9,13-15H,2-3,6-8H2,1H3. The van der Waals surface area contributed by atoms with Gasteiger partial charge in [0.05, 0.1) is 6.61 Å². The van der Waals surface area contributed by atoms with Gasteiger partial charge in [0.1, 0.15) is 5.75 Å². The maximum absolute atomic E-state index is 8.68. The van der Waals surface area contributed by atoms with Crippen LogP contribution in [0.25, 0.3) is 0 Å². The van der Waals surface area contributed by atoms with E-state index in [0.717, 1.165) is 12.2 Å². The van der Waals surface area contributed by atoms with E-state index >= 15 is 0 Å². The highest BCUT2D eigenvalue weighted by atomic mass is 16.5. The average molecular weight is 221 g/mol. The summed E-state index contributed by atoms with van der Waals surface area (Å²) in [6, 6.07) is 6.80. The van der Waals surface area contributed by atoms with Crippen LogP contribution in [0.5, 0.6) is 5.75 Å². The number of ether oxygens (including phenoxy) is 1. The summed E-state index contributed by atoms with van der Waals surface area (Å²) in [7, 11) is 2.01. The van der Waals surface area contributed by atoms with Gasteiger partial charge in [-0.25, -0.2) is 0 Å². The Morgan fingerprint density at radius 3 is 3.12 bits per heavy atom. The Bertz CT molecular complexity index is 352. The van der Waals surface area contributed by atoms with Crippen LogP contribution in [0.1, 0.15) is 30.0 Å². The molecule has 3 heteroatoms. The van der Waals surface area contributed by atoms with Crippen molar-refractivity contribution in [2.24, 2.45) is 0 Å². The molecular weight excluding hydrogens is 202 g/mol. The number of hydrogen-bond donors (Lipinski definition) is 2. The lowest BCUT2D eigenvalue weighted by Crippen LogP contribution is -2.12. The molecule has 16 heavy (non-hydrogen) atoms. The van der Waals surface area contributed by atoms with E-state index in [4.69, 9.17) is 9.84 Å². The molecule has 0 amide bonds. The molecule has 1 aromatic rings. The lowest BCUT2D eigenvalue weighted by Gasteiger charge is -2.11. The molecule has 0 saturated heterocycles. The molecule has 0 fully saturated rings. The second-order valence-corrected chi connectivity index (χ2v) is 4.17. The predicted molar refractivity (Wildman–Crippen MR) is 63.8 cm³/mol. The molecule has 0 heterocycles. The first-order chi connectivity index (χ1) is 7.85. The molecule has 1 aliphatic rings. The van der Waals surface area contributed by atoms with Gasteiger partial charge in [-0.1, -0.05) is 6.07 Å². The summed E-state index contributed by atoms with van der Waals surface area (Å²) in [5, 5.41) is 12.0. The average Bonchev–Trinajstić information content (AvgIpc) is 2.71. The number of aliphatic hydroxyl groups excluding tert-OH is 1. The first-order valence-corrected chi connectivity index (χ1v) is 5.89. The first kappa shape index (κ1) is 11.4. The number of aryl methyl sites for hydroxylation is 1. The second-order valence-electron chi connectivity index (χ2n) is 4.17. The Morgan fingerprint density at radius 1 is 1.50 bits per heavy atom. The number of benzene rings is 1. The summed E-state index contributed by atoms with van der Waals surface area (Å²) in [6.07, 6.45) is 2.99. The summed E-state index contributed by atoms with van der Waals surface area (Å²) in [4.78, 5) is 0. The molecule has 1 aromatic carbocycles. The van der Waals surface area contributed by atoms with Crippen molar-refractivity contribution in [3.05, 3.63) is 29.3 Å². The lowest BCUT2D eigenvalue weighted by atomic mass is 10.1. The van der Waals surface area contributed by atoms with Crippen molar-refractivity contribution in [2.75, 3.05) is 20.3 Å². The molecule has 1 aliphatic carbocycles. The molecule has 0 aromatic heterocycles. The number of hydrogen-bond acceptors (Lipinski definition) is 3. The van der Waals surface area contributed by atoms with E-state index in [1.54, 1.807) is 0 Å². The quantitative estimate of drug-likeness (QED) is 0.743. The van der Waals surface area contributed by atoms with Crippen molar-refractivity contribution >= 4 is 0 Å². The van der Waals surface area contributed by atoms with Crippen LogP contribution in [0.3, 0.4) is 0 Å². The Kier molecular flexibility index (Phi) is 3.80. The van der Waals surface area contributed by atoms with Crippen molar-refractivity contribution in [1.29, 1.82) is 0 Å². The topological polar surface area (TPSA) is 41.5 Å². The monoisotopic (exact) mass is 221 g/mol. The zero-order chi connectivity index (χ0) is 11.4. The van der Waals surface area contributed by atoms with Crippen LogP contribution >= 0.6 is 0 Å². The first-order valence-electron chi connectivity index (χ1n) is 5.89. The molecular formula is C13H19NO2. The maximum atomic E-state index is 8.68. The van der Waals surface area contributed by atoms with Crippen LogP contribution < -0.4 is 10.1 Å². The molecule has 2 N–H and O–H groups in total. The SMILES string of the molecule is CNC1CCc2cc(OCCCO)ccc21. The van der Waals surface area contributed by atoms with E-state index in [9.17, 15) is 0 Å². The molecule has 88 valence electrons. The van der Waals surface area contributed by atoms with Crippen molar-refractivity contribution in [3.63, 3.8) is 0 Å². The van der Waals surface area contributed by atoms with E-state index in [0.29, 0.717) is 19.1 Å². The van der Waals surface area contributed by atoms with Crippen molar-refractivity contribution in [2.45, 2.75) is 25.3 Å². The van der Waals surface area contributed by atoms with Gasteiger partial charge in [0.25, 0.3) is 0 Å². The minimum absolute atomic E-state index is 0.187. The summed E-state index contributed by atoms with van der Waals surface area (Å²) < 4.78 is 5.56. The zero-order valence-electron chi connectivity index (χ0n) is 9.70. The van der Waals surface area contributed by atoms with Gasteiger partial charge >= 0.3 is 0 Å². The molecule has 0 bridgehead atoms. The molecule has 0 saturated carbocycles. The Morgan fingerprint density at radius 2 is 2.38 bits per heavy atom. The second kappa shape index (κ2) is 5.32. The van der Waals surface area contributed by atoms with Crippen LogP contribution in [-0.4, -0.2) is 25.4 Å². The van der Waals surface area contributed by atoms with Crippen molar-refractivity contribution < 1.29 is 9.84 Å². The normalized spacial score (nSPS) is 18.5.